The first-order valence-electron chi connectivity index (χ1n) is 14.8. The van der Waals surface area contributed by atoms with E-state index in [2.05, 4.69) is 25.5 Å². The molecule has 2 aromatic carbocycles. The molecule has 1 fully saturated rings. The van der Waals surface area contributed by atoms with Crippen molar-refractivity contribution in [3.63, 3.8) is 0 Å². The summed E-state index contributed by atoms with van der Waals surface area (Å²) in [5.74, 6) is 0.409. The van der Waals surface area contributed by atoms with Crippen LogP contribution in [0.2, 0.25) is 0 Å². The van der Waals surface area contributed by atoms with Gasteiger partial charge < -0.3 is 20.4 Å². The van der Waals surface area contributed by atoms with Crippen LogP contribution in [0, 0.1) is 0 Å². The molecule has 8 nitrogen and oxygen atoms in total. The zero-order valence-corrected chi connectivity index (χ0v) is 24.9. The van der Waals surface area contributed by atoms with Gasteiger partial charge in [-0.2, -0.15) is 0 Å². The topological polar surface area (TPSA) is 99.3 Å². The maximum Gasteiger partial charge on any atom is 0.243 e. The number of imidazole rings is 1. The zero-order chi connectivity index (χ0) is 29.2. The summed E-state index contributed by atoms with van der Waals surface area (Å²) in [5, 5.41) is 6.19. The Morgan fingerprint density at radius 3 is 2.32 bits per heavy atom. The van der Waals surface area contributed by atoms with Gasteiger partial charge in [-0.25, -0.2) is 4.98 Å². The fraction of sp³-hybridized carbons (Fsp3) is 0.485. The monoisotopic (exact) mass is 559 g/mol. The minimum atomic E-state index is -0.721. The Balaban J connectivity index is 1.48. The number of amides is 2. The lowest BCUT2D eigenvalue weighted by Gasteiger charge is -2.37. The molecule has 0 radical (unpaired) electrons. The lowest BCUT2D eigenvalue weighted by Crippen LogP contribution is -2.58. The number of benzene rings is 2. The van der Waals surface area contributed by atoms with Crippen LogP contribution in [-0.2, 0) is 29.0 Å². The Kier molecular flexibility index (Phi) is 10.6. The molecule has 1 heterocycles. The van der Waals surface area contributed by atoms with E-state index >= 15 is 0 Å². The van der Waals surface area contributed by atoms with E-state index in [1.807, 2.05) is 82.4 Å². The molecule has 41 heavy (non-hydrogen) atoms. The second-order valence-electron chi connectivity index (χ2n) is 12.2. The lowest BCUT2D eigenvalue weighted by atomic mass is 9.92. The van der Waals surface area contributed by atoms with Gasteiger partial charge in [0, 0.05) is 36.3 Å². The van der Waals surface area contributed by atoms with E-state index in [1.54, 1.807) is 12.5 Å². The smallest absolute Gasteiger partial charge is 0.243 e. The first-order chi connectivity index (χ1) is 19.7. The van der Waals surface area contributed by atoms with Crippen molar-refractivity contribution in [2.75, 3.05) is 7.05 Å². The number of hydrogen-bond donors (Lipinski definition) is 3. The number of carbonyl (C=O) groups excluding carboxylic acids is 2. The highest BCUT2D eigenvalue weighted by Crippen LogP contribution is 2.24. The first kappa shape index (κ1) is 30.3. The van der Waals surface area contributed by atoms with Crippen LogP contribution in [0.15, 0.2) is 67.1 Å². The van der Waals surface area contributed by atoms with Crippen molar-refractivity contribution in [3.8, 4) is 5.75 Å². The van der Waals surface area contributed by atoms with E-state index in [9.17, 15) is 9.59 Å². The molecule has 8 heteroatoms. The van der Waals surface area contributed by atoms with Crippen molar-refractivity contribution >= 4 is 11.8 Å². The molecule has 0 spiro atoms. The van der Waals surface area contributed by atoms with Crippen molar-refractivity contribution in [2.24, 2.45) is 0 Å². The van der Waals surface area contributed by atoms with Gasteiger partial charge in [0.25, 0.3) is 0 Å². The number of ether oxygens (including phenoxy) is 1. The summed E-state index contributed by atoms with van der Waals surface area (Å²) >= 11 is 0. The SMILES string of the molecule is CN(C1CCCCC1)[C@@H](Cc1cnc[nH]1)C(=O)N[C@@H](Cc1ccc(OCc2ccccc2)cc1)C(=O)NC(C)(C)C. The molecule has 3 N–H and O–H groups in total. The molecule has 0 bridgehead atoms. The Bertz CT molecular complexity index is 1220. The highest BCUT2D eigenvalue weighted by atomic mass is 16.5. The molecule has 1 saturated carbocycles. The van der Waals surface area contributed by atoms with Gasteiger partial charge in [-0.15, -0.1) is 0 Å². The number of hydrogen-bond acceptors (Lipinski definition) is 5. The van der Waals surface area contributed by atoms with E-state index in [0.717, 1.165) is 35.4 Å². The molecule has 0 aliphatic heterocycles. The highest BCUT2D eigenvalue weighted by Gasteiger charge is 2.33. The van der Waals surface area contributed by atoms with E-state index in [-0.39, 0.29) is 11.8 Å². The summed E-state index contributed by atoms with van der Waals surface area (Å²) in [7, 11) is 2.04. The maximum atomic E-state index is 13.9. The second kappa shape index (κ2) is 14.3. The van der Waals surface area contributed by atoms with Crippen LogP contribution in [0.3, 0.4) is 0 Å². The summed E-state index contributed by atoms with van der Waals surface area (Å²) in [6, 6.07) is 17.0. The third-order valence-electron chi connectivity index (χ3n) is 7.66. The van der Waals surface area contributed by atoms with E-state index in [0.29, 0.717) is 25.5 Å². The van der Waals surface area contributed by atoms with E-state index < -0.39 is 17.6 Å². The molecule has 4 rings (SSSR count). The largest absolute Gasteiger partial charge is 0.489 e. The summed E-state index contributed by atoms with van der Waals surface area (Å²) in [6.45, 7) is 6.32. The fourth-order valence-electron chi connectivity index (χ4n) is 5.40. The Labute approximate surface area is 244 Å². The maximum absolute atomic E-state index is 13.9. The van der Waals surface area contributed by atoms with Crippen LogP contribution >= 0.6 is 0 Å². The molecule has 1 aromatic heterocycles. The third kappa shape index (κ3) is 9.46. The van der Waals surface area contributed by atoms with Crippen molar-refractivity contribution < 1.29 is 14.3 Å². The van der Waals surface area contributed by atoms with Crippen LogP contribution in [0.5, 0.6) is 5.75 Å². The molecule has 0 unspecified atom stereocenters. The number of nitrogens with zero attached hydrogens (tertiary/aromatic N) is 2. The fourth-order valence-corrected chi connectivity index (χ4v) is 5.40. The van der Waals surface area contributed by atoms with Crippen molar-refractivity contribution in [1.29, 1.82) is 0 Å². The van der Waals surface area contributed by atoms with Gasteiger partial charge in [0.2, 0.25) is 11.8 Å². The van der Waals surface area contributed by atoms with Crippen LogP contribution in [0.25, 0.3) is 0 Å². The van der Waals surface area contributed by atoms with Gasteiger partial charge in [0.1, 0.15) is 18.4 Å². The van der Waals surface area contributed by atoms with Crippen LogP contribution in [-0.4, -0.2) is 57.4 Å². The van der Waals surface area contributed by atoms with Gasteiger partial charge in [-0.1, -0.05) is 61.7 Å². The lowest BCUT2D eigenvalue weighted by molar-refractivity contribution is -0.133. The van der Waals surface area contributed by atoms with Gasteiger partial charge >= 0.3 is 0 Å². The molecule has 1 aliphatic rings. The van der Waals surface area contributed by atoms with Gasteiger partial charge in [-0.05, 0) is 63.9 Å². The summed E-state index contributed by atoms with van der Waals surface area (Å²) in [6.07, 6.45) is 10.0. The first-order valence-corrected chi connectivity index (χ1v) is 14.8. The Morgan fingerprint density at radius 2 is 1.68 bits per heavy atom. The molecule has 2 atom stereocenters. The number of aromatic nitrogens is 2. The number of H-pyrrole nitrogens is 1. The average molecular weight is 560 g/mol. The minimum Gasteiger partial charge on any atom is -0.489 e. The van der Waals surface area contributed by atoms with E-state index in [4.69, 9.17) is 4.74 Å². The Hall–Kier alpha value is -3.65. The van der Waals surface area contributed by atoms with Crippen molar-refractivity contribution in [1.82, 2.24) is 25.5 Å². The quantitative estimate of drug-likeness (QED) is 0.296. The highest BCUT2D eigenvalue weighted by molar-refractivity contribution is 5.90. The number of likely N-dealkylation sites (N-methyl/N-ethyl adjacent to an activating group) is 1. The predicted octanol–water partition coefficient (Wildman–Crippen LogP) is 4.81. The predicted molar refractivity (Wildman–Crippen MR) is 161 cm³/mol. The Morgan fingerprint density at radius 1 is 0.976 bits per heavy atom. The molecular weight excluding hydrogens is 514 g/mol. The molecule has 3 aromatic rings. The number of nitrogens with one attached hydrogen (secondary N) is 3. The average Bonchev–Trinajstić information content (AvgIpc) is 3.48. The molecule has 0 saturated heterocycles. The van der Waals surface area contributed by atoms with Crippen LogP contribution in [0.1, 0.15) is 69.7 Å². The second-order valence-corrected chi connectivity index (χ2v) is 12.2. The summed E-state index contributed by atoms with van der Waals surface area (Å²) in [5.41, 5.74) is 2.51. The summed E-state index contributed by atoms with van der Waals surface area (Å²) in [4.78, 5) is 36.9. The van der Waals surface area contributed by atoms with Crippen molar-refractivity contribution in [2.45, 2.75) is 96.0 Å². The molecule has 2 amide bonds. The normalized spacial score (nSPS) is 15.7. The summed E-state index contributed by atoms with van der Waals surface area (Å²) < 4.78 is 5.93. The number of aromatic amines is 1. The number of rotatable bonds is 12. The molecule has 220 valence electrons. The van der Waals surface area contributed by atoms with E-state index in [1.165, 1.54) is 19.3 Å². The molecule has 1 aliphatic carbocycles. The minimum absolute atomic E-state index is 0.149. The van der Waals surface area contributed by atoms with Crippen LogP contribution < -0.4 is 15.4 Å². The van der Waals surface area contributed by atoms with Crippen LogP contribution in [0.4, 0.5) is 0 Å². The van der Waals surface area contributed by atoms with Crippen molar-refractivity contribution in [3.05, 3.63) is 83.9 Å². The standard InChI is InChI=1S/C33H45N5O3/c1-33(2,3)37-31(39)29(19-24-15-17-28(18-16-24)41-22-25-11-7-5-8-12-25)36-32(40)30(20-26-21-34-23-35-26)38(4)27-13-9-6-10-14-27/h5,7-8,11-12,15-18,21,23,27,29-30H,6,9-10,13-14,19-20,22H2,1-4H3,(H,34,35)(H,36,40)(H,37,39)/t29-,30-/m0/s1. The molecular formula is C33H45N5O3. The van der Waals surface area contributed by atoms with Gasteiger partial charge in [-0.3, -0.25) is 14.5 Å². The van der Waals surface area contributed by atoms with Gasteiger partial charge in [0.15, 0.2) is 0 Å². The number of carbonyl (C=O) groups is 2. The third-order valence-corrected chi connectivity index (χ3v) is 7.66. The zero-order valence-electron chi connectivity index (χ0n) is 24.9. The van der Waals surface area contributed by atoms with Gasteiger partial charge in [0.05, 0.1) is 12.4 Å².